The summed E-state index contributed by atoms with van der Waals surface area (Å²) in [6.07, 6.45) is 45.7. The highest BCUT2D eigenvalue weighted by molar-refractivity contribution is 5.15. The molecule has 586 valence electrons. The van der Waals surface area contributed by atoms with Gasteiger partial charge in [0.15, 0.2) is 0 Å². The predicted molar refractivity (Wildman–Crippen MR) is 427 cm³/mol. The van der Waals surface area contributed by atoms with Crippen LogP contribution in [0, 0.1) is 93.7 Å². The van der Waals surface area contributed by atoms with Gasteiger partial charge in [-0.15, -0.1) is 0 Å². The standard InChI is InChI=1S/C12H22O.C12H24O.C11H20O.C10H18O.C10H20O.C10H14O.C9H16O.C9H18O.C9H12O/c1-5-13-10-8-9-6-7-12(10,4)11(9,2)3;1-5-13-12-8-10(4)6-7-11(12)9(2)3;1-2-12-6-5-11-8-9-3-4-10(11)7-9;1-2-11-7-10-6-8-3-4-9(10)5-8;2*1-2-11-9-8-10-6-4-3-5-7-10;1-2-10-9-6-7-3-4-8(9)5-7;2*1-2-10-8-9-6-4-3-5-7-9/h9-10H,5-8H2,1-4H3;9-12H,5-8H2,1-4H3;9-11H,2-8H2,1H3;8-10H,2-7H2,1H3;10H,2-9H2,1H3;3-7H,2,8-9H2,1H3;7-9H,2-6H2,1H3;9H,2-8H2,1H3;3-7H,2,8H2,1H3. The molecule has 9 heteroatoms. The molecule has 15 unspecified atom stereocenters. The molecule has 0 heterocycles. The average molecular weight is 1410 g/mol. The minimum Gasteiger partial charge on any atom is -0.382 e. The fraction of sp³-hybridized carbons (Fsp3) is 0.870. The largest absolute Gasteiger partial charge is 0.382 e. The number of hydrogen-bond donors (Lipinski definition) is 0. The summed E-state index contributed by atoms with van der Waals surface area (Å²) in [5.74, 6) is 13.4. The molecule has 2 aromatic carbocycles. The van der Waals surface area contributed by atoms with E-state index >= 15 is 0 Å². The van der Waals surface area contributed by atoms with Crippen LogP contribution in [-0.4, -0.2) is 111 Å². The Morgan fingerprint density at radius 2 is 0.891 bits per heavy atom. The van der Waals surface area contributed by atoms with Gasteiger partial charge in [0.2, 0.25) is 0 Å². The summed E-state index contributed by atoms with van der Waals surface area (Å²) < 4.78 is 49.4. The molecule has 101 heavy (non-hydrogen) atoms. The van der Waals surface area contributed by atoms with Crippen LogP contribution in [0.3, 0.4) is 0 Å². The fourth-order valence-corrected chi connectivity index (χ4v) is 19.9. The normalized spacial score (nSPS) is 30.6. The zero-order valence-electron chi connectivity index (χ0n) is 68.8. The van der Waals surface area contributed by atoms with Gasteiger partial charge in [-0.05, 0) is 296 Å². The second-order valence-electron chi connectivity index (χ2n) is 33.8. The first-order chi connectivity index (χ1) is 49.1. The molecular formula is C92H164O9. The van der Waals surface area contributed by atoms with Gasteiger partial charge in [0.1, 0.15) is 0 Å². The van der Waals surface area contributed by atoms with Crippen molar-refractivity contribution < 1.29 is 42.6 Å². The van der Waals surface area contributed by atoms with E-state index in [0.29, 0.717) is 29.1 Å². The molecular weight excluding hydrogens is 1250 g/mol. The van der Waals surface area contributed by atoms with Crippen molar-refractivity contribution in [2.75, 3.05) is 92.5 Å². The molecule has 0 aromatic heterocycles. The van der Waals surface area contributed by atoms with Crippen molar-refractivity contribution in [2.45, 2.75) is 328 Å². The van der Waals surface area contributed by atoms with Crippen molar-refractivity contribution in [1.82, 2.24) is 0 Å². The predicted octanol–water partition coefficient (Wildman–Crippen LogP) is 24.3. The Balaban J connectivity index is 0.000000205. The van der Waals surface area contributed by atoms with Crippen molar-refractivity contribution in [1.29, 1.82) is 0 Å². The van der Waals surface area contributed by atoms with Crippen LogP contribution in [0.15, 0.2) is 60.7 Å². The first-order valence-corrected chi connectivity index (χ1v) is 43.5. The van der Waals surface area contributed by atoms with Gasteiger partial charge in [0.25, 0.3) is 0 Å². The molecule has 11 fully saturated rings. The summed E-state index contributed by atoms with van der Waals surface area (Å²) >= 11 is 0. The summed E-state index contributed by atoms with van der Waals surface area (Å²) in [6, 6.07) is 20.6. The van der Waals surface area contributed by atoms with Gasteiger partial charge >= 0.3 is 0 Å². The van der Waals surface area contributed by atoms with E-state index in [-0.39, 0.29) is 0 Å². The van der Waals surface area contributed by atoms with E-state index in [1.807, 2.05) is 38.1 Å². The van der Waals surface area contributed by atoms with Gasteiger partial charge in [-0.2, -0.15) is 0 Å². The fourth-order valence-electron chi connectivity index (χ4n) is 19.9. The first kappa shape index (κ1) is 89.7. The summed E-state index contributed by atoms with van der Waals surface area (Å²) in [5.41, 5.74) is 3.55. The lowest BCUT2D eigenvalue weighted by Gasteiger charge is -2.38. The number of hydrogen-bond acceptors (Lipinski definition) is 9. The number of ether oxygens (including phenoxy) is 9. The number of rotatable bonds is 28. The maximum Gasteiger partial charge on any atom is 0.0716 e. The van der Waals surface area contributed by atoms with E-state index in [2.05, 4.69) is 126 Å². The molecule has 11 aliphatic carbocycles. The molecule has 0 saturated heterocycles. The van der Waals surface area contributed by atoms with Gasteiger partial charge in [-0.1, -0.05) is 173 Å². The van der Waals surface area contributed by atoms with Gasteiger partial charge in [-0.25, -0.2) is 0 Å². The molecule has 9 nitrogen and oxygen atoms in total. The van der Waals surface area contributed by atoms with Crippen molar-refractivity contribution in [3.8, 4) is 0 Å². The Kier molecular flexibility index (Phi) is 47.1. The third kappa shape index (κ3) is 33.2. The highest BCUT2D eigenvalue weighted by Gasteiger charge is 2.61. The summed E-state index contributed by atoms with van der Waals surface area (Å²) in [4.78, 5) is 0. The molecule has 0 amide bonds. The highest BCUT2D eigenvalue weighted by Crippen LogP contribution is 2.66. The minimum atomic E-state index is 0.452. The molecule has 11 aliphatic rings. The topological polar surface area (TPSA) is 83.1 Å². The van der Waals surface area contributed by atoms with Crippen LogP contribution in [0.4, 0.5) is 0 Å². The first-order valence-electron chi connectivity index (χ1n) is 43.5. The van der Waals surface area contributed by atoms with Gasteiger partial charge in [0.05, 0.1) is 31.5 Å². The monoisotopic (exact) mass is 1410 g/mol. The van der Waals surface area contributed by atoms with Crippen LogP contribution in [0.25, 0.3) is 0 Å². The van der Waals surface area contributed by atoms with Crippen LogP contribution in [0.1, 0.15) is 308 Å². The Morgan fingerprint density at radius 1 is 0.396 bits per heavy atom. The van der Waals surface area contributed by atoms with Crippen molar-refractivity contribution in [2.24, 2.45) is 93.7 Å². The van der Waals surface area contributed by atoms with Gasteiger partial charge in [0, 0.05) is 85.9 Å². The second kappa shape index (κ2) is 53.0. The highest BCUT2D eigenvalue weighted by atomic mass is 16.5. The van der Waals surface area contributed by atoms with Gasteiger partial charge in [-0.3, -0.25) is 0 Å². The lowest BCUT2D eigenvalue weighted by Crippen LogP contribution is -2.37. The molecule has 2 aromatic rings. The average Bonchev–Trinajstić information content (AvgIpc) is 1.56. The van der Waals surface area contributed by atoms with Crippen LogP contribution in [0.5, 0.6) is 0 Å². The minimum absolute atomic E-state index is 0.452. The van der Waals surface area contributed by atoms with E-state index in [4.69, 9.17) is 42.6 Å². The summed E-state index contributed by atoms with van der Waals surface area (Å²) in [6.45, 7) is 46.4. The maximum atomic E-state index is 5.88. The second-order valence-corrected chi connectivity index (χ2v) is 33.8. The molecule has 0 aliphatic heterocycles. The quantitative estimate of drug-likeness (QED) is 0.0774. The van der Waals surface area contributed by atoms with Crippen LogP contribution >= 0.6 is 0 Å². The van der Waals surface area contributed by atoms with Crippen molar-refractivity contribution in [3.05, 3.63) is 71.8 Å². The smallest absolute Gasteiger partial charge is 0.0716 e. The van der Waals surface area contributed by atoms with E-state index in [0.717, 1.165) is 188 Å². The zero-order chi connectivity index (χ0) is 72.9. The van der Waals surface area contributed by atoms with E-state index in [1.54, 1.807) is 0 Å². The lowest BCUT2D eigenvalue weighted by molar-refractivity contribution is -0.0413. The van der Waals surface area contributed by atoms with Crippen molar-refractivity contribution in [3.63, 3.8) is 0 Å². The van der Waals surface area contributed by atoms with E-state index in [9.17, 15) is 0 Å². The molecule has 8 bridgehead atoms. The third-order valence-electron chi connectivity index (χ3n) is 26.4. The van der Waals surface area contributed by atoms with Crippen molar-refractivity contribution >= 4 is 0 Å². The van der Waals surface area contributed by atoms with Gasteiger partial charge < -0.3 is 42.6 Å². The Morgan fingerprint density at radius 3 is 1.37 bits per heavy atom. The summed E-state index contributed by atoms with van der Waals surface area (Å²) in [7, 11) is 0. The molecule has 0 spiro atoms. The van der Waals surface area contributed by atoms with E-state index < -0.39 is 0 Å². The number of benzene rings is 2. The SMILES string of the molecule is CCOC1CC(C)CCC1C(C)C.CCOC1CC2CCC1(C)C2(C)C.CCOC1CC2CCC1C2.CCOCC1CC2CCC1C2.CCOCC1CCCCC1.CCOCCC1CC2CCC1C2.CCOCCC1CCCCC1.CCOCCc1ccccc1.CCOCc1ccccc1. The zero-order valence-corrected chi connectivity index (χ0v) is 68.8. The molecule has 0 radical (unpaired) electrons. The Labute approximate surface area is 625 Å². The number of fused-ring (bicyclic) bond motifs is 8. The third-order valence-corrected chi connectivity index (χ3v) is 26.4. The Hall–Kier alpha value is -1.92. The van der Waals surface area contributed by atoms with Crippen LogP contribution in [-0.2, 0) is 55.7 Å². The molecule has 15 atom stereocenters. The van der Waals surface area contributed by atoms with E-state index in [1.165, 1.54) is 204 Å². The Bertz CT molecular complexity index is 2230. The molecule has 0 N–H and O–H groups in total. The molecule has 13 rings (SSSR count). The van der Waals surface area contributed by atoms with Crippen LogP contribution < -0.4 is 0 Å². The maximum absolute atomic E-state index is 5.88. The summed E-state index contributed by atoms with van der Waals surface area (Å²) in [5, 5.41) is 0. The van der Waals surface area contributed by atoms with Crippen LogP contribution in [0.2, 0.25) is 0 Å². The lowest BCUT2D eigenvalue weighted by atomic mass is 9.70. The molecule has 11 saturated carbocycles.